The Bertz CT molecular complexity index is 441. The summed E-state index contributed by atoms with van der Waals surface area (Å²) in [7, 11) is 0. The van der Waals surface area contributed by atoms with Crippen molar-refractivity contribution in [3.8, 4) is 6.07 Å². The normalized spacial score (nSPS) is 14.7. The molecule has 1 fully saturated rings. The van der Waals surface area contributed by atoms with Crippen molar-refractivity contribution in [3.63, 3.8) is 0 Å². The zero-order valence-corrected chi connectivity index (χ0v) is 8.36. The Morgan fingerprint density at radius 1 is 1.53 bits per heavy atom. The van der Waals surface area contributed by atoms with Crippen LogP contribution in [0.5, 0.6) is 0 Å². The number of Topliss-reactive ketones (excluding diaryl/α,β-unsaturated/α-hetero) is 1. The lowest BCUT2D eigenvalue weighted by Crippen LogP contribution is -2.15. The Morgan fingerprint density at radius 3 is 2.80 bits per heavy atom. The van der Waals surface area contributed by atoms with Gasteiger partial charge in [-0.25, -0.2) is 0 Å². The molecule has 0 unspecified atom stereocenters. The fourth-order valence-corrected chi connectivity index (χ4v) is 1.73. The minimum atomic E-state index is -0.0750. The number of nitrogens with zero attached hydrogens (tertiary/aromatic N) is 1. The van der Waals surface area contributed by atoms with Gasteiger partial charge in [-0.05, 0) is 36.5 Å². The molecule has 3 heteroatoms. The van der Waals surface area contributed by atoms with Crippen molar-refractivity contribution in [1.82, 2.24) is 0 Å². The second-order valence-corrected chi connectivity index (χ2v) is 3.82. The highest BCUT2D eigenvalue weighted by atomic mass is 16.1. The van der Waals surface area contributed by atoms with E-state index >= 15 is 0 Å². The summed E-state index contributed by atoms with van der Waals surface area (Å²) in [6.07, 6.45) is 2.27. The van der Waals surface area contributed by atoms with E-state index < -0.39 is 0 Å². The molecule has 0 heterocycles. The van der Waals surface area contributed by atoms with Crippen LogP contribution in [0.15, 0.2) is 18.2 Å². The number of rotatable bonds is 3. The van der Waals surface area contributed by atoms with Crippen molar-refractivity contribution >= 4 is 5.78 Å². The van der Waals surface area contributed by atoms with Crippen molar-refractivity contribution in [2.75, 3.05) is 6.54 Å². The molecule has 76 valence electrons. The molecule has 0 bridgehead atoms. The van der Waals surface area contributed by atoms with Gasteiger partial charge in [0.1, 0.15) is 0 Å². The Labute approximate surface area is 88.5 Å². The van der Waals surface area contributed by atoms with E-state index in [2.05, 4.69) is 0 Å². The van der Waals surface area contributed by atoms with Crippen LogP contribution >= 0.6 is 0 Å². The van der Waals surface area contributed by atoms with Crippen molar-refractivity contribution in [1.29, 1.82) is 5.26 Å². The van der Waals surface area contributed by atoms with Crippen molar-refractivity contribution in [2.45, 2.75) is 18.8 Å². The molecule has 0 saturated heterocycles. The summed E-state index contributed by atoms with van der Waals surface area (Å²) in [6.45, 7) is 0.00853. The Hall–Kier alpha value is -1.66. The fraction of sp³-hybridized carbons (Fsp3) is 0.333. The van der Waals surface area contributed by atoms with Crippen LogP contribution in [0.3, 0.4) is 0 Å². The molecule has 1 aromatic rings. The van der Waals surface area contributed by atoms with Crippen molar-refractivity contribution in [3.05, 3.63) is 34.9 Å². The second-order valence-electron chi connectivity index (χ2n) is 3.82. The monoisotopic (exact) mass is 200 g/mol. The predicted octanol–water partition coefficient (Wildman–Crippen LogP) is 1.58. The lowest BCUT2D eigenvalue weighted by atomic mass is 9.97. The first kappa shape index (κ1) is 9.88. The zero-order chi connectivity index (χ0) is 10.8. The van der Waals surface area contributed by atoms with Crippen LogP contribution in [0, 0.1) is 11.3 Å². The highest BCUT2D eigenvalue weighted by molar-refractivity contribution is 5.99. The van der Waals surface area contributed by atoms with Gasteiger partial charge in [-0.3, -0.25) is 4.79 Å². The van der Waals surface area contributed by atoms with Gasteiger partial charge in [-0.2, -0.15) is 5.26 Å². The summed E-state index contributed by atoms with van der Waals surface area (Å²) in [5.41, 5.74) is 7.57. The summed E-state index contributed by atoms with van der Waals surface area (Å²) in [5, 5.41) is 8.77. The number of nitrogens with two attached hydrogens (primary N) is 1. The molecule has 0 aliphatic heterocycles. The molecule has 1 aliphatic carbocycles. The SMILES string of the molecule is N#Cc1ccc(C2CC2)c(C(=O)CN)c1. The zero-order valence-electron chi connectivity index (χ0n) is 8.36. The van der Waals surface area contributed by atoms with E-state index in [1.807, 2.05) is 12.1 Å². The molecule has 0 spiro atoms. The first-order chi connectivity index (χ1) is 7.26. The lowest BCUT2D eigenvalue weighted by Gasteiger charge is -2.06. The Morgan fingerprint density at radius 2 is 2.27 bits per heavy atom. The van der Waals surface area contributed by atoms with Gasteiger partial charge in [0, 0.05) is 5.56 Å². The number of ketones is 1. The molecule has 3 nitrogen and oxygen atoms in total. The van der Waals surface area contributed by atoms with E-state index in [1.54, 1.807) is 12.1 Å². The molecule has 0 radical (unpaired) electrons. The van der Waals surface area contributed by atoms with Gasteiger partial charge < -0.3 is 5.73 Å². The molecule has 0 atom stereocenters. The lowest BCUT2D eigenvalue weighted by molar-refractivity contribution is 0.100. The largest absolute Gasteiger partial charge is 0.324 e. The highest BCUT2D eigenvalue weighted by Crippen LogP contribution is 2.41. The van der Waals surface area contributed by atoms with Crippen LogP contribution in [0.4, 0.5) is 0 Å². The molecule has 0 aromatic heterocycles. The van der Waals surface area contributed by atoms with Crippen molar-refractivity contribution in [2.24, 2.45) is 5.73 Å². The van der Waals surface area contributed by atoms with Crippen LogP contribution in [-0.4, -0.2) is 12.3 Å². The summed E-state index contributed by atoms with van der Waals surface area (Å²) in [6, 6.07) is 7.35. The molecule has 2 N–H and O–H groups in total. The Balaban J connectivity index is 2.46. The van der Waals surface area contributed by atoms with Crippen LogP contribution in [0.1, 0.15) is 40.2 Å². The smallest absolute Gasteiger partial charge is 0.176 e. The summed E-state index contributed by atoms with van der Waals surface area (Å²) in [4.78, 5) is 11.6. The third-order valence-electron chi connectivity index (χ3n) is 2.69. The molecule has 1 aliphatic rings. The number of hydrogen-bond donors (Lipinski definition) is 1. The number of carbonyl (C=O) groups is 1. The highest BCUT2D eigenvalue weighted by Gasteiger charge is 2.27. The van der Waals surface area contributed by atoms with Gasteiger partial charge in [0.25, 0.3) is 0 Å². The number of hydrogen-bond acceptors (Lipinski definition) is 3. The molecular weight excluding hydrogens is 188 g/mol. The third kappa shape index (κ3) is 1.90. The van der Waals surface area contributed by atoms with Gasteiger partial charge in [0.15, 0.2) is 5.78 Å². The summed E-state index contributed by atoms with van der Waals surface area (Å²) < 4.78 is 0. The molecule has 0 amide bonds. The maximum atomic E-state index is 11.6. The number of nitriles is 1. The maximum Gasteiger partial charge on any atom is 0.176 e. The van der Waals surface area contributed by atoms with E-state index in [0.717, 1.165) is 18.4 Å². The summed E-state index contributed by atoms with van der Waals surface area (Å²) >= 11 is 0. The van der Waals surface area contributed by atoms with E-state index in [4.69, 9.17) is 11.0 Å². The third-order valence-corrected chi connectivity index (χ3v) is 2.69. The van der Waals surface area contributed by atoms with E-state index in [1.165, 1.54) is 0 Å². The molecule has 15 heavy (non-hydrogen) atoms. The first-order valence-electron chi connectivity index (χ1n) is 5.03. The van der Waals surface area contributed by atoms with Gasteiger partial charge in [0.2, 0.25) is 0 Å². The van der Waals surface area contributed by atoms with Crippen molar-refractivity contribution < 1.29 is 4.79 Å². The Kier molecular flexibility index (Phi) is 2.53. The minimum absolute atomic E-state index is 0.00853. The van der Waals surface area contributed by atoms with Crippen LogP contribution in [0.25, 0.3) is 0 Å². The molecular formula is C12H12N2O. The number of benzene rings is 1. The van der Waals surface area contributed by atoms with Crippen LogP contribution in [0.2, 0.25) is 0 Å². The number of carbonyl (C=O) groups excluding carboxylic acids is 1. The molecule has 1 saturated carbocycles. The second kappa shape index (κ2) is 3.84. The van der Waals surface area contributed by atoms with Crippen LogP contribution in [-0.2, 0) is 0 Å². The van der Waals surface area contributed by atoms with Crippen LogP contribution < -0.4 is 5.73 Å². The fourth-order valence-electron chi connectivity index (χ4n) is 1.73. The van der Waals surface area contributed by atoms with Gasteiger partial charge in [-0.1, -0.05) is 6.07 Å². The van der Waals surface area contributed by atoms with E-state index in [0.29, 0.717) is 17.0 Å². The van der Waals surface area contributed by atoms with Gasteiger partial charge >= 0.3 is 0 Å². The standard InChI is InChI=1S/C12H12N2O/c13-6-8-1-4-10(9-2-3-9)11(5-8)12(15)7-14/h1,4-5,9H,2-3,7,14H2. The van der Waals surface area contributed by atoms with Gasteiger partial charge in [-0.15, -0.1) is 0 Å². The predicted molar refractivity (Wildman–Crippen MR) is 56.5 cm³/mol. The van der Waals surface area contributed by atoms with Gasteiger partial charge in [0.05, 0.1) is 18.2 Å². The van der Waals surface area contributed by atoms with E-state index in [-0.39, 0.29) is 12.3 Å². The first-order valence-corrected chi connectivity index (χ1v) is 5.03. The molecule has 2 rings (SSSR count). The topological polar surface area (TPSA) is 66.9 Å². The maximum absolute atomic E-state index is 11.6. The van der Waals surface area contributed by atoms with E-state index in [9.17, 15) is 4.79 Å². The molecule has 1 aromatic carbocycles. The average Bonchev–Trinajstić information content (AvgIpc) is 3.11. The average molecular weight is 200 g/mol. The summed E-state index contributed by atoms with van der Waals surface area (Å²) in [5.74, 6) is 0.428. The quantitative estimate of drug-likeness (QED) is 0.753. The minimum Gasteiger partial charge on any atom is -0.324 e.